The highest BCUT2D eigenvalue weighted by molar-refractivity contribution is 7.47. The van der Waals surface area contributed by atoms with Gasteiger partial charge in [0.1, 0.15) is 0 Å². The number of rotatable bonds is 31. The monoisotopic (exact) mass is 627 g/mol. The Kier molecular flexibility index (Phi) is 24.6. The zero-order chi connectivity index (χ0) is 30.0. The van der Waals surface area contributed by atoms with Crippen molar-refractivity contribution in [3.05, 3.63) is 0 Å². The van der Waals surface area contributed by atoms with E-state index in [1.807, 2.05) is 13.8 Å². The van der Waals surface area contributed by atoms with Crippen LogP contribution in [0.4, 0.5) is 0 Å². The lowest BCUT2D eigenvalue weighted by Crippen LogP contribution is -2.29. The number of hydrogen-bond donors (Lipinski definition) is 4. The first kappa shape index (κ1) is 39.5. The van der Waals surface area contributed by atoms with E-state index in [1.54, 1.807) is 0 Å². The van der Waals surface area contributed by atoms with Gasteiger partial charge in [-0.05, 0) is 12.8 Å². The molecule has 0 aliphatic heterocycles. The van der Waals surface area contributed by atoms with Crippen LogP contribution in [0.15, 0.2) is 0 Å². The van der Waals surface area contributed by atoms with Gasteiger partial charge in [-0.15, -0.1) is 0 Å². The molecular formula is C22H47NO15P2. The Morgan fingerprint density at radius 2 is 1.10 bits per heavy atom. The molecule has 40 heavy (non-hydrogen) atoms. The molecule has 0 aliphatic carbocycles. The van der Waals surface area contributed by atoms with Crippen LogP contribution in [0.2, 0.25) is 0 Å². The molecule has 0 rings (SSSR count). The van der Waals surface area contributed by atoms with Crippen molar-refractivity contribution in [3.63, 3.8) is 0 Å². The normalized spacial score (nSPS) is 15.0. The molecular weight excluding hydrogens is 580 g/mol. The molecule has 0 spiro atoms. The summed E-state index contributed by atoms with van der Waals surface area (Å²) < 4.78 is 68.8. The third kappa shape index (κ3) is 27.6. The SMILES string of the molecule is CCC(C)(COCCCNC=O)COP(=O)(O)OCCOCCOCCOCCOCCOCCOP(=O)(O)O. The highest BCUT2D eigenvalue weighted by atomic mass is 31.2. The third-order valence-corrected chi connectivity index (χ3v) is 6.51. The van der Waals surface area contributed by atoms with Gasteiger partial charge in [0.05, 0.1) is 92.5 Å². The van der Waals surface area contributed by atoms with E-state index in [-0.39, 0.29) is 46.2 Å². The van der Waals surface area contributed by atoms with E-state index in [4.69, 9.17) is 47.3 Å². The van der Waals surface area contributed by atoms with Crippen molar-refractivity contribution >= 4 is 22.1 Å². The van der Waals surface area contributed by atoms with Crippen molar-refractivity contribution in [1.82, 2.24) is 5.32 Å². The summed E-state index contributed by atoms with van der Waals surface area (Å²) in [5.41, 5.74) is -0.463. The standard InChI is InChI=1S/C22H47NO15P2/c1-3-22(2,19-35-6-4-5-23-21-24)20-38-40(28,29)37-18-16-34-14-12-32-10-8-30-7-9-31-11-13-33-15-17-36-39(25,26)27/h21H,3-20H2,1-2H3,(H,23,24)(H,28,29)(H2,25,26,27). The summed E-state index contributed by atoms with van der Waals surface area (Å²) in [6.45, 7) is 7.56. The molecule has 240 valence electrons. The summed E-state index contributed by atoms with van der Waals surface area (Å²) in [6.07, 6.45) is 1.97. The highest BCUT2D eigenvalue weighted by Crippen LogP contribution is 2.45. The zero-order valence-electron chi connectivity index (χ0n) is 23.4. The van der Waals surface area contributed by atoms with E-state index in [9.17, 15) is 18.8 Å². The summed E-state index contributed by atoms with van der Waals surface area (Å²) in [7, 11) is -8.69. The van der Waals surface area contributed by atoms with Gasteiger partial charge in [0, 0.05) is 18.6 Å². The van der Waals surface area contributed by atoms with Gasteiger partial charge in [-0.1, -0.05) is 13.8 Å². The average Bonchev–Trinajstić information content (AvgIpc) is 2.90. The summed E-state index contributed by atoms with van der Waals surface area (Å²) in [6, 6.07) is 0. The maximum absolute atomic E-state index is 12.1. The largest absolute Gasteiger partial charge is 0.472 e. The second-order valence-corrected chi connectivity index (χ2v) is 11.3. The fraction of sp³-hybridized carbons (Fsp3) is 0.955. The molecule has 18 heteroatoms. The number of carbonyl (C=O) groups is 1. The lowest BCUT2D eigenvalue weighted by Gasteiger charge is -2.28. The number of nitrogens with one attached hydrogen (secondary N) is 1. The molecule has 0 heterocycles. The van der Waals surface area contributed by atoms with Gasteiger partial charge in [-0.2, -0.15) is 0 Å². The van der Waals surface area contributed by atoms with Gasteiger partial charge < -0.3 is 48.4 Å². The molecule has 0 saturated carbocycles. The van der Waals surface area contributed by atoms with Gasteiger partial charge in [0.25, 0.3) is 0 Å². The summed E-state index contributed by atoms with van der Waals surface area (Å²) in [5.74, 6) is 0. The summed E-state index contributed by atoms with van der Waals surface area (Å²) in [5, 5.41) is 2.55. The molecule has 16 nitrogen and oxygen atoms in total. The predicted molar refractivity (Wildman–Crippen MR) is 142 cm³/mol. The number of phosphoric ester groups is 2. The van der Waals surface area contributed by atoms with Gasteiger partial charge >= 0.3 is 15.6 Å². The minimum atomic E-state index is -4.46. The zero-order valence-corrected chi connectivity index (χ0v) is 25.2. The Morgan fingerprint density at radius 3 is 1.52 bits per heavy atom. The van der Waals surface area contributed by atoms with Crippen LogP contribution in [0.5, 0.6) is 0 Å². The molecule has 0 aromatic rings. The summed E-state index contributed by atoms with van der Waals surface area (Å²) >= 11 is 0. The number of hydrogen-bond acceptors (Lipinski definition) is 12. The third-order valence-electron chi connectivity index (χ3n) is 5.03. The second kappa shape index (κ2) is 25.0. The first-order valence-corrected chi connectivity index (χ1v) is 16.0. The Hall–Kier alpha value is -0.550. The minimum Gasteiger partial charge on any atom is -0.381 e. The Bertz CT molecular complexity index is 699. The average molecular weight is 628 g/mol. The molecule has 0 aromatic heterocycles. The molecule has 0 saturated heterocycles. The smallest absolute Gasteiger partial charge is 0.381 e. The Balaban J connectivity index is 3.56. The first-order chi connectivity index (χ1) is 19.0. The van der Waals surface area contributed by atoms with E-state index < -0.39 is 21.1 Å². The predicted octanol–water partition coefficient (Wildman–Crippen LogP) is 0.881. The van der Waals surface area contributed by atoms with Crippen molar-refractivity contribution in [3.8, 4) is 0 Å². The second-order valence-electron chi connectivity index (χ2n) is 8.60. The molecule has 0 radical (unpaired) electrons. The number of carbonyl (C=O) groups excluding carboxylic acids is 1. The van der Waals surface area contributed by atoms with Gasteiger partial charge in [-0.25, -0.2) is 9.13 Å². The van der Waals surface area contributed by atoms with Gasteiger partial charge in [0.2, 0.25) is 6.41 Å². The molecule has 2 atom stereocenters. The fourth-order valence-corrected chi connectivity index (χ4v) is 3.75. The van der Waals surface area contributed by atoms with Crippen molar-refractivity contribution in [2.24, 2.45) is 5.41 Å². The van der Waals surface area contributed by atoms with Crippen LogP contribution in [-0.4, -0.2) is 127 Å². The van der Waals surface area contributed by atoms with E-state index >= 15 is 0 Å². The molecule has 0 bridgehead atoms. The lowest BCUT2D eigenvalue weighted by atomic mass is 9.90. The molecule has 0 aromatic carbocycles. The van der Waals surface area contributed by atoms with Crippen molar-refractivity contribution < 1.29 is 70.6 Å². The number of ether oxygens (including phenoxy) is 6. The molecule has 1 amide bonds. The Morgan fingerprint density at radius 1 is 0.650 bits per heavy atom. The van der Waals surface area contributed by atoms with Gasteiger partial charge in [-0.3, -0.25) is 18.4 Å². The number of amides is 1. The highest BCUT2D eigenvalue weighted by Gasteiger charge is 2.29. The minimum absolute atomic E-state index is 0.0129. The topological polar surface area (TPSA) is 207 Å². The van der Waals surface area contributed by atoms with Crippen molar-refractivity contribution in [2.45, 2.75) is 26.7 Å². The van der Waals surface area contributed by atoms with E-state index in [0.717, 1.165) is 0 Å². The van der Waals surface area contributed by atoms with Crippen molar-refractivity contribution in [1.29, 1.82) is 0 Å². The van der Waals surface area contributed by atoms with Crippen LogP contribution in [0, 0.1) is 5.41 Å². The molecule has 2 unspecified atom stereocenters. The molecule has 4 N–H and O–H groups in total. The van der Waals surface area contributed by atoms with Crippen LogP contribution in [0.1, 0.15) is 26.7 Å². The maximum Gasteiger partial charge on any atom is 0.472 e. The van der Waals surface area contributed by atoms with Crippen molar-refractivity contribution in [2.75, 3.05) is 106 Å². The number of phosphoric acid groups is 2. The van der Waals surface area contributed by atoms with E-state index in [0.29, 0.717) is 78.7 Å². The van der Waals surface area contributed by atoms with Crippen LogP contribution in [-0.2, 0) is 55.9 Å². The Labute approximate surface area is 236 Å². The quantitative estimate of drug-likeness (QED) is 0.0478. The fourth-order valence-electron chi connectivity index (χ4n) is 2.58. The van der Waals surface area contributed by atoms with E-state index in [1.165, 1.54) is 0 Å². The van der Waals surface area contributed by atoms with Gasteiger partial charge in [0.15, 0.2) is 0 Å². The van der Waals surface area contributed by atoms with E-state index in [2.05, 4.69) is 9.84 Å². The van der Waals surface area contributed by atoms with Crippen LogP contribution < -0.4 is 5.32 Å². The van der Waals surface area contributed by atoms with Crippen LogP contribution >= 0.6 is 15.6 Å². The van der Waals surface area contributed by atoms with Crippen LogP contribution in [0.25, 0.3) is 0 Å². The molecule has 0 aliphatic rings. The van der Waals surface area contributed by atoms with Crippen LogP contribution in [0.3, 0.4) is 0 Å². The molecule has 0 fully saturated rings. The first-order valence-electron chi connectivity index (χ1n) is 13.0. The maximum atomic E-state index is 12.1. The summed E-state index contributed by atoms with van der Waals surface area (Å²) in [4.78, 5) is 37.1. The lowest BCUT2D eigenvalue weighted by molar-refractivity contribution is -0.109.